The third-order valence-electron chi connectivity index (χ3n) is 6.25. The van der Waals surface area contributed by atoms with Crippen LogP contribution in [0.3, 0.4) is 0 Å². The maximum Gasteiger partial charge on any atom is 0.291 e. The predicted molar refractivity (Wildman–Crippen MR) is 117 cm³/mol. The van der Waals surface area contributed by atoms with Crippen LogP contribution in [0.4, 0.5) is 11.5 Å². The van der Waals surface area contributed by atoms with Crippen LogP contribution in [0.2, 0.25) is 0 Å². The van der Waals surface area contributed by atoms with E-state index in [1.807, 2.05) is 18.2 Å². The number of aromatic nitrogens is 2. The fourth-order valence-electron chi connectivity index (χ4n) is 4.16. The van der Waals surface area contributed by atoms with Crippen LogP contribution in [0, 0.1) is 5.41 Å². The average molecular weight is 411 g/mol. The SMILES string of the molecule is CC1(C)CC=C(c2cc(C3(O)CCOCC3)ccc2NC(=O)c2ncc(N)[nH]2)CC1. The minimum Gasteiger partial charge on any atom is -0.385 e. The number of nitrogen functional groups attached to an aromatic ring is 1. The standard InChI is InChI=1S/C23H30N4O3/c1-22(2)7-5-15(6-8-22)17-13-16(23(29)9-11-30-12-10-23)3-4-18(17)26-21(28)20-25-14-19(24)27-20/h3-5,13-14,29H,6-12,24H2,1-2H3,(H,25,27)(H,26,28). The lowest BCUT2D eigenvalue weighted by Gasteiger charge is -2.34. The van der Waals surface area contributed by atoms with Gasteiger partial charge in [0.1, 0.15) is 5.82 Å². The van der Waals surface area contributed by atoms with Gasteiger partial charge in [-0.05, 0) is 47.9 Å². The molecule has 1 aliphatic carbocycles. The van der Waals surface area contributed by atoms with Gasteiger partial charge in [0.05, 0.1) is 11.8 Å². The van der Waals surface area contributed by atoms with Gasteiger partial charge in [0.15, 0.2) is 5.82 Å². The summed E-state index contributed by atoms with van der Waals surface area (Å²) < 4.78 is 5.43. The van der Waals surface area contributed by atoms with Gasteiger partial charge in [0.25, 0.3) is 5.91 Å². The highest BCUT2D eigenvalue weighted by atomic mass is 16.5. The molecule has 7 nitrogen and oxygen atoms in total. The van der Waals surface area contributed by atoms with Crippen molar-refractivity contribution in [2.24, 2.45) is 5.41 Å². The van der Waals surface area contributed by atoms with Gasteiger partial charge in [-0.15, -0.1) is 0 Å². The van der Waals surface area contributed by atoms with E-state index < -0.39 is 5.60 Å². The van der Waals surface area contributed by atoms with E-state index in [1.54, 1.807) is 0 Å². The number of anilines is 2. The lowest BCUT2D eigenvalue weighted by molar-refractivity contribution is -0.0679. The Hall–Kier alpha value is -2.64. The van der Waals surface area contributed by atoms with Gasteiger partial charge < -0.3 is 25.9 Å². The predicted octanol–water partition coefficient (Wildman–Crippen LogP) is 3.84. The fourth-order valence-corrected chi connectivity index (χ4v) is 4.16. The summed E-state index contributed by atoms with van der Waals surface area (Å²) in [6, 6.07) is 5.80. The Morgan fingerprint density at radius 3 is 2.67 bits per heavy atom. The quantitative estimate of drug-likeness (QED) is 0.612. The van der Waals surface area contributed by atoms with Crippen molar-refractivity contribution in [2.45, 2.75) is 51.6 Å². The number of nitrogens with one attached hydrogen (secondary N) is 2. The van der Waals surface area contributed by atoms with Gasteiger partial charge in [-0.25, -0.2) is 4.98 Å². The van der Waals surface area contributed by atoms with Gasteiger partial charge in [-0.2, -0.15) is 0 Å². The van der Waals surface area contributed by atoms with E-state index in [2.05, 4.69) is 35.2 Å². The zero-order valence-corrected chi connectivity index (χ0v) is 17.6. The van der Waals surface area contributed by atoms with Crippen molar-refractivity contribution in [1.82, 2.24) is 9.97 Å². The number of nitrogens with two attached hydrogens (primary N) is 1. The van der Waals surface area contributed by atoms with Crippen LogP contribution in [0.1, 0.15) is 67.7 Å². The van der Waals surface area contributed by atoms with Crippen molar-refractivity contribution >= 4 is 23.0 Å². The van der Waals surface area contributed by atoms with Gasteiger partial charge >= 0.3 is 0 Å². The van der Waals surface area contributed by atoms with Crippen molar-refractivity contribution in [3.8, 4) is 0 Å². The summed E-state index contributed by atoms with van der Waals surface area (Å²) in [7, 11) is 0. The zero-order chi connectivity index (χ0) is 21.4. The van der Waals surface area contributed by atoms with E-state index >= 15 is 0 Å². The second kappa shape index (κ2) is 7.89. The van der Waals surface area contributed by atoms with Crippen molar-refractivity contribution < 1.29 is 14.6 Å². The molecule has 7 heteroatoms. The van der Waals surface area contributed by atoms with Crippen LogP contribution in [0.25, 0.3) is 5.57 Å². The molecule has 0 radical (unpaired) electrons. The summed E-state index contributed by atoms with van der Waals surface area (Å²) in [6.07, 6.45) is 7.79. The molecule has 160 valence electrons. The van der Waals surface area contributed by atoms with Crippen LogP contribution >= 0.6 is 0 Å². The van der Waals surface area contributed by atoms with E-state index in [4.69, 9.17) is 10.5 Å². The number of hydrogen-bond acceptors (Lipinski definition) is 5. The number of rotatable bonds is 4. The van der Waals surface area contributed by atoms with E-state index in [9.17, 15) is 9.90 Å². The number of carbonyl (C=O) groups is 1. The van der Waals surface area contributed by atoms with Crippen molar-refractivity contribution in [1.29, 1.82) is 0 Å². The number of imidazole rings is 1. The Kier molecular flexibility index (Phi) is 5.42. The molecule has 1 aromatic heterocycles. The molecule has 0 saturated carbocycles. The first-order valence-electron chi connectivity index (χ1n) is 10.5. The Morgan fingerprint density at radius 1 is 1.27 bits per heavy atom. The summed E-state index contributed by atoms with van der Waals surface area (Å²) in [5.74, 6) is 0.168. The molecule has 1 aliphatic heterocycles. The molecule has 0 unspecified atom stereocenters. The lowest BCUT2D eigenvalue weighted by atomic mass is 9.76. The number of aromatic amines is 1. The number of carbonyl (C=O) groups excluding carboxylic acids is 1. The zero-order valence-electron chi connectivity index (χ0n) is 17.6. The molecule has 0 atom stereocenters. The van der Waals surface area contributed by atoms with Crippen LogP contribution < -0.4 is 11.1 Å². The highest BCUT2D eigenvalue weighted by molar-refractivity contribution is 6.03. The summed E-state index contributed by atoms with van der Waals surface area (Å²) in [5.41, 5.74) is 8.75. The fraction of sp³-hybridized carbons (Fsp3) is 0.478. The molecule has 5 N–H and O–H groups in total. The molecule has 1 aromatic carbocycles. The first-order chi connectivity index (χ1) is 14.3. The molecule has 2 aliphatic rings. The molecule has 1 saturated heterocycles. The lowest BCUT2D eigenvalue weighted by Crippen LogP contribution is -2.33. The molecule has 4 rings (SSSR count). The number of hydrogen-bond donors (Lipinski definition) is 4. The van der Waals surface area contributed by atoms with Crippen LogP contribution in [0.5, 0.6) is 0 Å². The van der Waals surface area contributed by atoms with Crippen LogP contribution in [0.15, 0.2) is 30.5 Å². The number of allylic oxidation sites excluding steroid dienone is 2. The molecular weight excluding hydrogens is 380 g/mol. The average Bonchev–Trinajstić information content (AvgIpc) is 3.15. The summed E-state index contributed by atoms with van der Waals surface area (Å²) in [6.45, 7) is 5.62. The third kappa shape index (κ3) is 4.27. The van der Waals surface area contributed by atoms with Crippen molar-refractivity contribution in [3.05, 3.63) is 47.4 Å². The Morgan fingerprint density at radius 2 is 2.03 bits per heavy atom. The molecule has 2 aromatic rings. The molecule has 2 heterocycles. The number of amides is 1. The molecule has 0 bridgehead atoms. The van der Waals surface area contributed by atoms with E-state index in [-0.39, 0.29) is 17.1 Å². The van der Waals surface area contributed by atoms with Crippen molar-refractivity contribution in [2.75, 3.05) is 24.3 Å². The third-order valence-corrected chi connectivity index (χ3v) is 6.25. The Labute approximate surface area is 176 Å². The number of benzene rings is 1. The topological polar surface area (TPSA) is 113 Å². The first kappa shape index (κ1) is 20.6. The Balaban J connectivity index is 1.69. The minimum atomic E-state index is -0.903. The van der Waals surface area contributed by atoms with E-state index in [1.165, 1.54) is 11.8 Å². The molecule has 1 fully saturated rings. The van der Waals surface area contributed by atoms with Crippen LogP contribution in [-0.4, -0.2) is 34.2 Å². The smallest absolute Gasteiger partial charge is 0.291 e. The normalized spacial score (nSPS) is 20.4. The molecule has 0 spiro atoms. The van der Waals surface area contributed by atoms with Gasteiger partial charge in [-0.3, -0.25) is 4.79 Å². The van der Waals surface area contributed by atoms with E-state index in [0.29, 0.717) is 37.6 Å². The van der Waals surface area contributed by atoms with Gasteiger partial charge in [-0.1, -0.05) is 26.0 Å². The highest BCUT2D eigenvalue weighted by Crippen LogP contribution is 2.42. The summed E-state index contributed by atoms with van der Waals surface area (Å²) in [5, 5.41) is 14.2. The molecule has 1 amide bonds. The summed E-state index contributed by atoms with van der Waals surface area (Å²) in [4.78, 5) is 19.4. The van der Waals surface area contributed by atoms with Gasteiger partial charge in [0, 0.05) is 37.3 Å². The maximum absolute atomic E-state index is 12.7. The number of ether oxygens (including phenoxy) is 1. The second-order valence-corrected chi connectivity index (χ2v) is 9.14. The van der Waals surface area contributed by atoms with E-state index in [0.717, 1.165) is 30.4 Å². The largest absolute Gasteiger partial charge is 0.385 e. The summed E-state index contributed by atoms with van der Waals surface area (Å²) >= 11 is 0. The number of H-pyrrole nitrogens is 1. The van der Waals surface area contributed by atoms with Gasteiger partial charge in [0.2, 0.25) is 0 Å². The minimum absolute atomic E-state index is 0.171. The Bertz CT molecular complexity index is 971. The second-order valence-electron chi connectivity index (χ2n) is 9.14. The first-order valence-corrected chi connectivity index (χ1v) is 10.5. The number of aliphatic hydroxyl groups is 1. The monoisotopic (exact) mass is 410 g/mol. The van der Waals surface area contributed by atoms with Crippen LogP contribution in [-0.2, 0) is 10.3 Å². The molecular formula is C23H30N4O3. The molecule has 30 heavy (non-hydrogen) atoms. The van der Waals surface area contributed by atoms with Crippen molar-refractivity contribution in [3.63, 3.8) is 0 Å². The number of nitrogens with zero attached hydrogens (tertiary/aromatic N) is 1. The highest BCUT2D eigenvalue weighted by Gasteiger charge is 2.33. The maximum atomic E-state index is 12.7.